The summed E-state index contributed by atoms with van der Waals surface area (Å²) in [6.45, 7) is 4.40. The van der Waals surface area contributed by atoms with E-state index in [1.807, 2.05) is 37.3 Å². The summed E-state index contributed by atoms with van der Waals surface area (Å²) in [4.78, 5) is 29.8. The Morgan fingerprint density at radius 3 is 2.67 bits per heavy atom. The molecule has 12 nitrogen and oxygen atoms in total. The quantitative estimate of drug-likeness (QED) is 0.138. The molecule has 1 amide bonds. The standard InChI is InChI=1S/C42H45F3N6O6/c1-4-30-33(44)12-11-27-17-29(57-25-54-3)18-31(34(27)30)36-35(45)37-32(20-46-36)38(48-39(47-37)56-24-42-13-8-15-49(42)21-28(43)19-42)51-23-41(2,53)14-16-50(51)40(52)55-22-26-9-6-5-7-10-26/h5-7,9-12,17-18,20,28,53H,4,8,13-16,19,21-25H2,1-3H3/t28-,41?,42+/m1/s1. The largest absolute Gasteiger partial charge is 0.468 e. The molecule has 8 rings (SSSR count). The van der Waals surface area contributed by atoms with Crippen LogP contribution in [0, 0.1) is 11.6 Å². The minimum atomic E-state index is -1.29. The van der Waals surface area contributed by atoms with Gasteiger partial charge in [-0.1, -0.05) is 43.3 Å². The van der Waals surface area contributed by atoms with Crippen molar-refractivity contribution in [2.24, 2.45) is 0 Å². The first-order chi connectivity index (χ1) is 27.5. The number of rotatable bonds is 11. The molecule has 1 unspecified atom stereocenters. The number of methoxy groups -OCH3 is 1. The Balaban J connectivity index is 1.27. The molecule has 5 heterocycles. The molecule has 0 spiro atoms. The molecule has 1 N–H and O–H groups in total. The Labute approximate surface area is 328 Å². The predicted octanol–water partition coefficient (Wildman–Crippen LogP) is 7.14. The number of halogens is 3. The van der Waals surface area contributed by atoms with Gasteiger partial charge in [-0.3, -0.25) is 14.9 Å². The molecule has 300 valence electrons. The summed E-state index contributed by atoms with van der Waals surface area (Å²) in [7, 11) is 1.48. The number of hydrogen-bond donors (Lipinski definition) is 1. The fraction of sp³-hybridized carbons (Fsp3) is 0.429. The number of benzene rings is 3. The summed E-state index contributed by atoms with van der Waals surface area (Å²) in [5, 5.41) is 15.3. The Morgan fingerprint density at radius 1 is 1.05 bits per heavy atom. The maximum atomic E-state index is 17.5. The number of β-amino-alcohol motifs (C(OH)–C–C–N with tert-alkyl or cyclic N) is 1. The molecule has 0 radical (unpaired) electrons. The maximum absolute atomic E-state index is 17.5. The van der Waals surface area contributed by atoms with E-state index in [1.54, 1.807) is 25.1 Å². The topological polar surface area (TPSA) is 123 Å². The van der Waals surface area contributed by atoms with Crippen LogP contribution in [0.2, 0.25) is 0 Å². The number of anilines is 1. The first-order valence-corrected chi connectivity index (χ1v) is 19.2. The monoisotopic (exact) mass is 786 g/mol. The first-order valence-electron chi connectivity index (χ1n) is 19.2. The zero-order valence-electron chi connectivity index (χ0n) is 32.1. The number of hydrogen-bond acceptors (Lipinski definition) is 11. The number of alkyl halides is 1. The van der Waals surface area contributed by atoms with Gasteiger partial charge in [0.25, 0.3) is 0 Å². The number of amides is 1. The third-order valence-electron chi connectivity index (χ3n) is 11.3. The molecular formula is C42H45F3N6O6. The second-order valence-corrected chi connectivity index (χ2v) is 15.3. The highest BCUT2D eigenvalue weighted by Crippen LogP contribution is 2.42. The van der Waals surface area contributed by atoms with Crippen molar-refractivity contribution < 1.29 is 42.0 Å². The van der Waals surface area contributed by atoms with Crippen LogP contribution in [0.3, 0.4) is 0 Å². The van der Waals surface area contributed by atoms with Crippen molar-refractivity contribution in [3.63, 3.8) is 0 Å². The van der Waals surface area contributed by atoms with Gasteiger partial charge in [-0.05, 0) is 79.3 Å². The average molecular weight is 787 g/mol. The lowest BCUT2D eigenvalue weighted by molar-refractivity contribution is -0.000133. The van der Waals surface area contributed by atoms with Crippen molar-refractivity contribution in [3.05, 3.63) is 83.6 Å². The van der Waals surface area contributed by atoms with Crippen molar-refractivity contribution in [1.82, 2.24) is 24.9 Å². The Kier molecular flexibility index (Phi) is 10.6. The van der Waals surface area contributed by atoms with Gasteiger partial charge in [0.2, 0.25) is 0 Å². The number of fused-ring (bicyclic) bond motifs is 3. The van der Waals surface area contributed by atoms with Crippen molar-refractivity contribution in [2.75, 3.05) is 51.7 Å². The van der Waals surface area contributed by atoms with E-state index in [9.17, 15) is 14.3 Å². The molecule has 3 fully saturated rings. The first kappa shape index (κ1) is 38.6. The summed E-state index contributed by atoms with van der Waals surface area (Å²) in [5.41, 5.74) is -0.753. The fourth-order valence-corrected chi connectivity index (χ4v) is 8.48. The van der Waals surface area contributed by atoms with Gasteiger partial charge in [0.1, 0.15) is 42.2 Å². The van der Waals surface area contributed by atoms with E-state index in [4.69, 9.17) is 23.9 Å². The van der Waals surface area contributed by atoms with E-state index in [-0.39, 0.29) is 79.9 Å². The van der Waals surface area contributed by atoms with Gasteiger partial charge in [-0.15, -0.1) is 0 Å². The Morgan fingerprint density at radius 2 is 1.88 bits per heavy atom. The molecule has 0 saturated carbocycles. The van der Waals surface area contributed by atoms with Crippen LogP contribution < -0.4 is 14.5 Å². The van der Waals surface area contributed by atoms with Crippen LogP contribution in [0.1, 0.15) is 50.7 Å². The third-order valence-corrected chi connectivity index (χ3v) is 11.3. The van der Waals surface area contributed by atoms with Gasteiger partial charge in [0.15, 0.2) is 18.4 Å². The fourth-order valence-electron chi connectivity index (χ4n) is 8.48. The molecule has 3 aliphatic heterocycles. The summed E-state index contributed by atoms with van der Waals surface area (Å²) in [6.07, 6.45) is 2.11. The van der Waals surface area contributed by atoms with E-state index >= 15 is 8.78 Å². The van der Waals surface area contributed by atoms with E-state index in [2.05, 4.69) is 14.9 Å². The number of hydrazine groups is 1. The van der Waals surface area contributed by atoms with Gasteiger partial charge in [0.05, 0.1) is 23.1 Å². The van der Waals surface area contributed by atoms with Crippen molar-refractivity contribution >= 4 is 33.6 Å². The highest BCUT2D eigenvalue weighted by atomic mass is 19.1. The van der Waals surface area contributed by atoms with Crippen LogP contribution >= 0.6 is 0 Å². The van der Waals surface area contributed by atoms with Crippen LogP contribution in [0.25, 0.3) is 32.9 Å². The molecule has 0 bridgehead atoms. The number of aromatic nitrogens is 3. The lowest BCUT2D eigenvalue weighted by Gasteiger charge is -2.44. The predicted molar refractivity (Wildman–Crippen MR) is 207 cm³/mol. The lowest BCUT2D eigenvalue weighted by Crippen LogP contribution is -2.59. The van der Waals surface area contributed by atoms with Gasteiger partial charge < -0.3 is 24.1 Å². The van der Waals surface area contributed by atoms with Crippen molar-refractivity contribution in [3.8, 4) is 23.0 Å². The molecule has 3 saturated heterocycles. The van der Waals surface area contributed by atoms with Crippen molar-refractivity contribution in [1.29, 1.82) is 0 Å². The molecule has 57 heavy (non-hydrogen) atoms. The SMILES string of the molecule is CCc1c(F)ccc2cc(OCOC)cc(-c3ncc4c(N5CC(C)(O)CCN5C(=O)OCc5ccccc5)nc(OC[C@@]56CCCN5C[C@H](F)C6)nc4c3F)c12. The summed E-state index contributed by atoms with van der Waals surface area (Å²) in [6, 6.07) is 15.3. The van der Waals surface area contributed by atoms with Crippen LogP contribution in [-0.2, 0) is 22.5 Å². The Bertz CT molecular complexity index is 2300. The number of carbonyl (C=O) groups is 1. The maximum Gasteiger partial charge on any atom is 0.429 e. The lowest BCUT2D eigenvalue weighted by atomic mass is 9.94. The van der Waals surface area contributed by atoms with Gasteiger partial charge in [-0.25, -0.2) is 23.0 Å². The highest BCUT2D eigenvalue weighted by molar-refractivity contribution is 6.02. The van der Waals surface area contributed by atoms with Crippen LogP contribution in [0.15, 0.2) is 60.8 Å². The van der Waals surface area contributed by atoms with E-state index < -0.39 is 35.0 Å². The third kappa shape index (κ3) is 7.51. The van der Waals surface area contributed by atoms with Gasteiger partial charge >= 0.3 is 12.1 Å². The second-order valence-electron chi connectivity index (χ2n) is 15.3. The normalized spacial score (nSPS) is 22.3. The van der Waals surface area contributed by atoms with Crippen LogP contribution in [-0.4, -0.2) is 100 Å². The average Bonchev–Trinajstić information content (AvgIpc) is 3.74. The summed E-state index contributed by atoms with van der Waals surface area (Å²) in [5.74, 6) is -0.908. The summed E-state index contributed by atoms with van der Waals surface area (Å²) >= 11 is 0. The minimum Gasteiger partial charge on any atom is -0.468 e. The van der Waals surface area contributed by atoms with E-state index in [1.165, 1.54) is 29.4 Å². The number of nitrogens with zero attached hydrogens (tertiary/aromatic N) is 6. The number of carbonyl (C=O) groups excluding carboxylic acids is 1. The molecule has 5 aromatic rings. The van der Waals surface area contributed by atoms with Crippen LogP contribution in [0.4, 0.5) is 23.8 Å². The van der Waals surface area contributed by atoms with Crippen molar-refractivity contribution in [2.45, 2.75) is 69.9 Å². The smallest absolute Gasteiger partial charge is 0.429 e. The molecular weight excluding hydrogens is 741 g/mol. The second kappa shape index (κ2) is 15.6. The van der Waals surface area contributed by atoms with E-state index in [0.717, 1.165) is 24.9 Å². The zero-order chi connectivity index (χ0) is 39.9. The Hall–Kier alpha value is -5.25. The van der Waals surface area contributed by atoms with Gasteiger partial charge in [-0.2, -0.15) is 9.97 Å². The van der Waals surface area contributed by atoms with Gasteiger partial charge in [0, 0.05) is 38.4 Å². The molecule has 2 aromatic heterocycles. The highest BCUT2D eigenvalue weighted by Gasteiger charge is 2.49. The number of ether oxygens (including phenoxy) is 4. The molecule has 15 heteroatoms. The summed E-state index contributed by atoms with van der Waals surface area (Å²) < 4.78 is 70.4. The number of aliphatic hydroxyl groups is 1. The van der Waals surface area contributed by atoms with Crippen LogP contribution in [0.5, 0.6) is 11.8 Å². The van der Waals surface area contributed by atoms with E-state index in [0.29, 0.717) is 35.1 Å². The number of aryl methyl sites for hydroxylation is 1. The number of pyridine rings is 1. The zero-order valence-corrected chi connectivity index (χ0v) is 32.1. The molecule has 3 aromatic carbocycles. The molecule has 3 aliphatic rings. The molecule has 0 aliphatic carbocycles. The minimum absolute atomic E-state index is 0.00552. The molecule has 3 atom stereocenters.